The first-order valence-electron chi connectivity index (χ1n) is 6.82. The summed E-state index contributed by atoms with van der Waals surface area (Å²) in [7, 11) is 0. The van der Waals surface area contributed by atoms with E-state index in [0.29, 0.717) is 12.5 Å². The second kappa shape index (κ2) is 5.36. The molecule has 17 heavy (non-hydrogen) atoms. The van der Waals surface area contributed by atoms with Crippen molar-refractivity contribution in [3.8, 4) is 0 Å². The molecule has 1 saturated heterocycles. The third-order valence-corrected chi connectivity index (χ3v) is 4.11. The Hall–Kier alpha value is -0.610. The van der Waals surface area contributed by atoms with Crippen molar-refractivity contribution < 1.29 is 9.53 Å². The van der Waals surface area contributed by atoms with Crippen LogP contribution in [0.25, 0.3) is 0 Å². The minimum Gasteiger partial charge on any atom is -0.465 e. The molecule has 0 bridgehead atoms. The Morgan fingerprint density at radius 1 is 1.47 bits per heavy atom. The summed E-state index contributed by atoms with van der Waals surface area (Å²) in [6.45, 7) is 8.51. The zero-order valence-electron chi connectivity index (χ0n) is 11.0. The van der Waals surface area contributed by atoms with Crippen LogP contribution in [0.3, 0.4) is 0 Å². The number of rotatable bonds is 3. The lowest BCUT2D eigenvalue weighted by Crippen LogP contribution is -2.59. The Labute approximate surface area is 104 Å². The second-order valence-corrected chi connectivity index (χ2v) is 5.34. The number of ether oxygens (including phenoxy) is 1. The summed E-state index contributed by atoms with van der Waals surface area (Å²) in [6, 6.07) is 0. The summed E-state index contributed by atoms with van der Waals surface area (Å²) < 4.78 is 5.33. The molecular formula is C13H24N2O2. The topological polar surface area (TPSA) is 41.6 Å². The fourth-order valence-electron chi connectivity index (χ4n) is 3.23. The summed E-state index contributed by atoms with van der Waals surface area (Å²) in [4.78, 5) is 14.7. The molecule has 1 heterocycles. The third-order valence-electron chi connectivity index (χ3n) is 4.11. The van der Waals surface area contributed by atoms with Gasteiger partial charge in [0.15, 0.2) is 0 Å². The summed E-state index contributed by atoms with van der Waals surface area (Å²) in [5.74, 6) is 0.639. The molecule has 0 radical (unpaired) electrons. The number of hydrogen-bond donors (Lipinski definition) is 1. The van der Waals surface area contributed by atoms with Gasteiger partial charge in [-0.1, -0.05) is 6.92 Å². The molecule has 0 aromatic rings. The molecule has 1 aliphatic heterocycles. The summed E-state index contributed by atoms with van der Waals surface area (Å²) >= 11 is 0. The van der Waals surface area contributed by atoms with E-state index >= 15 is 0 Å². The smallest absolute Gasteiger partial charge is 0.326 e. The lowest BCUT2D eigenvalue weighted by Gasteiger charge is -2.41. The lowest BCUT2D eigenvalue weighted by atomic mass is 9.93. The number of nitrogens with zero attached hydrogens (tertiary/aromatic N) is 1. The average Bonchev–Trinajstić information content (AvgIpc) is 2.74. The Kier molecular flexibility index (Phi) is 4.05. The normalized spacial score (nSPS) is 34.8. The Bertz CT molecular complexity index is 277. The molecule has 1 saturated carbocycles. The number of carbonyl (C=O) groups is 1. The van der Waals surface area contributed by atoms with E-state index in [-0.39, 0.29) is 11.5 Å². The van der Waals surface area contributed by atoms with Crippen LogP contribution in [0, 0.1) is 5.92 Å². The fourth-order valence-corrected chi connectivity index (χ4v) is 3.23. The maximum Gasteiger partial charge on any atom is 0.326 e. The molecule has 2 fully saturated rings. The van der Waals surface area contributed by atoms with E-state index in [9.17, 15) is 4.79 Å². The molecule has 98 valence electrons. The molecular weight excluding hydrogens is 216 g/mol. The number of piperazine rings is 1. The zero-order chi connectivity index (χ0) is 12.3. The molecule has 0 spiro atoms. The quantitative estimate of drug-likeness (QED) is 0.748. The standard InChI is InChI=1S/C13H24N2O2/c1-3-17-12(16)13(5-4-11(2)10-13)15-8-6-14-7-9-15/h11,14H,3-10H2,1-2H3. The highest BCUT2D eigenvalue weighted by Gasteiger charge is 2.49. The highest BCUT2D eigenvalue weighted by Crippen LogP contribution is 2.40. The molecule has 0 aromatic heterocycles. The van der Waals surface area contributed by atoms with Gasteiger partial charge in [-0.15, -0.1) is 0 Å². The van der Waals surface area contributed by atoms with Crippen LogP contribution < -0.4 is 5.32 Å². The van der Waals surface area contributed by atoms with Gasteiger partial charge < -0.3 is 10.1 Å². The molecule has 4 heteroatoms. The molecule has 2 unspecified atom stereocenters. The molecule has 0 amide bonds. The summed E-state index contributed by atoms with van der Waals surface area (Å²) in [6.07, 6.45) is 3.07. The van der Waals surface area contributed by atoms with Crippen molar-refractivity contribution in [3.05, 3.63) is 0 Å². The van der Waals surface area contributed by atoms with Crippen molar-refractivity contribution in [1.82, 2.24) is 10.2 Å². The number of carbonyl (C=O) groups excluding carboxylic acids is 1. The van der Waals surface area contributed by atoms with E-state index in [1.54, 1.807) is 0 Å². The Balaban J connectivity index is 2.14. The molecule has 0 aromatic carbocycles. The molecule has 2 atom stereocenters. The van der Waals surface area contributed by atoms with Gasteiger partial charge in [0.05, 0.1) is 6.61 Å². The fraction of sp³-hybridized carbons (Fsp3) is 0.923. The third kappa shape index (κ3) is 2.47. The van der Waals surface area contributed by atoms with Crippen LogP contribution in [0.1, 0.15) is 33.1 Å². The van der Waals surface area contributed by atoms with Gasteiger partial charge in [-0.05, 0) is 32.1 Å². The first kappa shape index (κ1) is 12.8. The zero-order valence-corrected chi connectivity index (χ0v) is 11.0. The predicted octanol–water partition coefficient (Wildman–Crippen LogP) is 1.01. The van der Waals surface area contributed by atoms with Gasteiger partial charge in [-0.25, -0.2) is 0 Å². The molecule has 1 aliphatic carbocycles. The van der Waals surface area contributed by atoms with Crippen molar-refractivity contribution >= 4 is 5.97 Å². The Morgan fingerprint density at radius 2 is 2.18 bits per heavy atom. The van der Waals surface area contributed by atoms with E-state index < -0.39 is 0 Å². The van der Waals surface area contributed by atoms with Crippen LogP contribution in [-0.2, 0) is 9.53 Å². The first-order valence-corrected chi connectivity index (χ1v) is 6.82. The molecule has 4 nitrogen and oxygen atoms in total. The van der Waals surface area contributed by atoms with E-state index in [0.717, 1.165) is 45.4 Å². The number of hydrogen-bond acceptors (Lipinski definition) is 4. The van der Waals surface area contributed by atoms with E-state index in [1.165, 1.54) is 0 Å². The van der Waals surface area contributed by atoms with Gasteiger partial charge >= 0.3 is 5.97 Å². The van der Waals surface area contributed by atoms with Gasteiger partial charge in [-0.2, -0.15) is 0 Å². The average molecular weight is 240 g/mol. The minimum absolute atomic E-state index is 0.00579. The van der Waals surface area contributed by atoms with Crippen molar-refractivity contribution in [2.45, 2.75) is 38.6 Å². The second-order valence-electron chi connectivity index (χ2n) is 5.34. The van der Waals surface area contributed by atoms with Gasteiger partial charge in [0.25, 0.3) is 0 Å². The first-order chi connectivity index (χ1) is 8.19. The summed E-state index contributed by atoms with van der Waals surface area (Å²) in [5.41, 5.74) is -0.322. The van der Waals surface area contributed by atoms with Crippen LogP contribution in [0.2, 0.25) is 0 Å². The number of nitrogens with one attached hydrogen (secondary N) is 1. The van der Waals surface area contributed by atoms with E-state index in [4.69, 9.17) is 4.74 Å². The highest BCUT2D eigenvalue weighted by atomic mass is 16.5. The lowest BCUT2D eigenvalue weighted by molar-refractivity contribution is -0.158. The SMILES string of the molecule is CCOC(=O)C1(N2CCNCC2)CCC(C)C1. The van der Waals surface area contributed by atoms with Crippen LogP contribution in [0.4, 0.5) is 0 Å². The largest absolute Gasteiger partial charge is 0.465 e. The molecule has 1 N–H and O–H groups in total. The van der Waals surface area contributed by atoms with Gasteiger partial charge in [0.1, 0.15) is 5.54 Å². The van der Waals surface area contributed by atoms with Crippen molar-refractivity contribution in [2.75, 3.05) is 32.8 Å². The monoisotopic (exact) mass is 240 g/mol. The minimum atomic E-state index is -0.322. The van der Waals surface area contributed by atoms with E-state index in [2.05, 4.69) is 17.1 Å². The Morgan fingerprint density at radius 3 is 2.71 bits per heavy atom. The predicted molar refractivity (Wildman–Crippen MR) is 66.8 cm³/mol. The van der Waals surface area contributed by atoms with Crippen molar-refractivity contribution in [1.29, 1.82) is 0 Å². The van der Waals surface area contributed by atoms with Crippen LogP contribution in [0.5, 0.6) is 0 Å². The number of esters is 1. The highest BCUT2D eigenvalue weighted by molar-refractivity contribution is 5.81. The van der Waals surface area contributed by atoms with Crippen molar-refractivity contribution in [2.24, 2.45) is 5.92 Å². The maximum absolute atomic E-state index is 12.3. The van der Waals surface area contributed by atoms with Crippen LogP contribution in [0.15, 0.2) is 0 Å². The summed E-state index contributed by atoms with van der Waals surface area (Å²) in [5, 5.41) is 3.34. The molecule has 2 rings (SSSR count). The van der Waals surface area contributed by atoms with Gasteiger partial charge in [0.2, 0.25) is 0 Å². The van der Waals surface area contributed by atoms with Crippen molar-refractivity contribution in [3.63, 3.8) is 0 Å². The van der Waals surface area contributed by atoms with Crippen LogP contribution >= 0.6 is 0 Å². The van der Waals surface area contributed by atoms with Gasteiger partial charge in [0, 0.05) is 26.2 Å². The maximum atomic E-state index is 12.3. The molecule has 2 aliphatic rings. The van der Waals surface area contributed by atoms with E-state index in [1.807, 2.05) is 6.92 Å². The van der Waals surface area contributed by atoms with Crippen LogP contribution in [-0.4, -0.2) is 49.2 Å². The van der Waals surface area contributed by atoms with Gasteiger partial charge in [-0.3, -0.25) is 9.69 Å².